The number of nitrogens with two attached hydrogens (primary N) is 1. The van der Waals surface area contributed by atoms with E-state index in [1.165, 1.54) is 0 Å². The lowest BCUT2D eigenvalue weighted by molar-refractivity contribution is 0.0941. The van der Waals surface area contributed by atoms with Gasteiger partial charge in [0.25, 0.3) is 5.91 Å². The number of hydrogen-bond donors (Lipinski definition) is 4. The maximum atomic E-state index is 11.7. The van der Waals surface area contributed by atoms with Crippen molar-refractivity contribution >= 4 is 11.7 Å². The standard InChI is InChI=1S/C9H13N7O/c1-2-6-13-8(16-14-6)9(17)11-3-5-4-12-15-7(5)10/h4H,2-3H2,1H3,(H,11,17)(H3,10,12,15)(H,13,14,16). The summed E-state index contributed by atoms with van der Waals surface area (Å²) < 4.78 is 0. The highest BCUT2D eigenvalue weighted by Crippen LogP contribution is 2.05. The number of aryl methyl sites for hydroxylation is 1. The molecule has 2 aromatic heterocycles. The zero-order valence-corrected chi connectivity index (χ0v) is 9.32. The zero-order chi connectivity index (χ0) is 12.3. The van der Waals surface area contributed by atoms with Crippen LogP contribution in [0.15, 0.2) is 6.20 Å². The van der Waals surface area contributed by atoms with Gasteiger partial charge in [-0.1, -0.05) is 6.92 Å². The number of aromatic amines is 2. The Balaban J connectivity index is 1.95. The van der Waals surface area contributed by atoms with Crippen molar-refractivity contribution in [2.45, 2.75) is 19.9 Å². The van der Waals surface area contributed by atoms with Gasteiger partial charge < -0.3 is 11.1 Å². The van der Waals surface area contributed by atoms with Gasteiger partial charge >= 0.3 is 0 Å². The molecule has 8 heteroatoms. The van der Waals surface area contributed by atoms with E-state index in [2.05, 4.69) is 30.7 Å². The molecule has 0 aliphatic heterocycles. The molecule has 8 nitrogen and oxygen atoms in total. The van der Waals surface area contributed by atoms with Crippen LogP contribution in [0.2, 0.25) is 0 Å². The van der Waals surface area contributed by atoms with E-state index in [0.717, 1.165) is 5.56 Å². The summed E-state index contributed by atoms with van der Waals surface area (Å²) in [5.74, 6) is 0.901. The van der Waals surface area contributed by atoms with Gasteiger partial charge in [-0.05, 0) is 0 Å². The molecule has 0 aliphatic rings. The van der Waals surface area contributed by atoms with Gasteiger partial charge in [-0.15, -0.1) is 5.10 Å². The first kappa shape index (κ1) is 11.1. The van der Waals surface area contributed by atoms with Gasteiger partial charge in [0.2, 0.25) is 5.82 Å². The molecule has 0 unspecified atom stereocenters. The number of anilines is 1. The molecule has 17 heavy (non-hydrogen) atoms. The van der Waals surface area contributed by atoms with Crippen molar-refractivity contribution in [3.8, 4) is 0 Å². The number of rotatable bonds is 4. The Morgan fingerprint density at radius 2 is 2.35 bits per heavy atom. The summed E-state index contributed by atoms with van der Waals surface area (Å²) in [7, 11) is 0. The van der Waals surface area contributed by atoms with Crippen LogP contribution < -0.4 is 11.1 Å². The van der Waals surface area contributed by atoms with Crippen molar-refractivity contribution in [2.75, 3.05) is 5.73 Å². The summed E-state index contributed by atoms with van der Waals surface area (Å²) in [5, 5.41) is 15.5. The molecule has 0 radical (unpaired) electrons. The highest BCUT2D eigenvalue weighted by Gasteiger charge is 2.12. The second-order valence-electron chi connectivity index (χ2n) is 3.45. The average Bonchev–Trinajstić information content (AvgIpc) is 2.94. The number of hydrogen-bond acceptors (Lipinski definition) is 5. The molecular weight excluding hydrogens is 222 g/mol. The van der Waals surface area contributed by atoms with Crippen LogP contribution >= 0.6 is 0 Å². The van der Waals surface area contributed by atoms with Crippen LogP contribution in [0.3, 0.4) is 0 Å². The van der Waals surface area contributed by atoms with Gasteiger partial charge in [0.05, 0.1) is 6.20 Å². The maximum Gasteiger partial charge on any atom is 0.291 e. The number of nitrogen functional groups attached to an aromatic ring is 1. The normalized spacial score (nSPS) is 10.4. The minimum absolute atomic E-state index is 0.129. The summed E-state index contributed by atoms with van der Waals surface area (Å²) in [6.07, 6.45) is 2.26. The molecule has 2 heterocycles. The fraction of sp³-hybridized carbons (Fsp3) is 0.333. The predicted octanol–water partition coefficient (Wildman–Crippen LogP) is -0.398. The van der Waals surface area contributed by atoms with E-state index >= 15 is 0 Å². The molecule has 0 bridgehead atoms. The molecule has 2 aromatic rings. The number of aromatic nitrogens is 5. The highest BCUT2D eigenvalue weighted by molar-refractivity contribution is 5.90. The van der Waals surface area contributed by atoms with Gasteiger partial charge in [-0.25, -0.2) is 4.98 Å². The Kier molecular flexibility index (Phi) is 3.03. The summed E-state index contributed by atoms with van der Waals surface area (Å²) in [5.41, 5.74) is 6.31. The number of nitrogens with one attached hydrogen (secondary N) is 3. The van der Waals surface area contributed by atoms with Gasteiger partial charge in [0, 0.05) is 18.5 Å². The molecule has 0 aliphatic carbocycles. The topological polar surface area (TPSA) is 125 Å². The van der Waals surface area contributed by atoms with Crippen LogP contribution in [0.1, 0.15) is 28.9 Å². The van der Waals surface area contributed by atoms with E-state index in [1.54, 1.807) is 6.20 Å². The molecule has 90 valence electrons. The predicted molar refractivity (Wildman–Crippen MR) is 59.9 cm³/mol. The monoisotopic (exact) mass is 235 g/mol. The van der Waals surface area contributed by atoms with E-state index in [4.69, 9.17) is 5.73 Å². The molecular formula is C9H13N7O. The Labute approximate surface area is 97.0 Å². The van der Waals surface area contributed by atoms with Crippen molar-refractivity contribution in [3.63, 3.8) is 0 Å². The number of carbonyl (C=O) groups is 1. The summed E-state index contributed by atoms with van der Waals surface area (Å²) in [6.45, 7) is 2.21. The van der Waals surface area contributed by atoms with E-state index in [1.807, 2.05) is 6.92 Å². The summed E-state index contributed by atoms with van der Waals surface area (Å²) >= 11 is 0. The summed E-state index contributed by atoms with van der Waals surface area (Å²) in [4.78, 5) is 15.7. The number of H-pyrrole nitrogens is 2. The Hall–Kier alpha value is -2.38. The van der Waals surface area contributed by atoms with E-state index in [-0.39, 0.29) is 18.3 Å². The average molecular weight is 235 g/mol. The Morgan fingerprint density at radius 1 is 1.53 bits per heavy atom. The fourth-order valence-electron chi connectivity index (χ4n) is 1.27. The van der Waals surface area contributed by atoms with E-state index in [0.29, 0.717) is 18.1 Å². The lowest BCUT2D eigenvalue weighted by Crippen LogP contribution is -2.24. The molecule has 1 amide bonds. The maximum absolute atomic E-state index is 11.7. The van der Waals surface area contributed by atoms with Crippen molar-refractivity contribution in [1.82, 2.24) is 30.7 Å². The molecule has 5 N–H and O–H groups in total. The summed E-state index contributed by atoms with van der Waals surface area (Å²) in [6, 6.07) is 0. The third-order valence-electron chi connectivity index (χ3n) is 2.26. The third-order valence-corrected chi connectivity index (χ3v) is 2.26. The first-order valence-corrected chi connectivity index (χ1v) is 5.18. The molecule has 0 atom stereocenters. The van der Waals surface area contributed by atoms with Crippen LogP contribution in [0.4, 0.5) is 5.82 Å². The van der Waals surface area contributed by atoms with Crippen molar-refractivity contribution in [3.05, 3.63) is 23.4 Å². The molecule has 2 rings (SSSR count). The van der Waals surface area contributed by atoms with Crippen molar-refractivity contribution in [1.29, 1.82) is 0 Å². The minimum atomic E-state index is -0.346. The minimum Gasteiger partial charge on any atom is -0.384 e. The van der Waals surface area contributed by atoms with Gasteiger partial charge in [-0.3, -0.25) is 15.0 Å². The molecule has 0 saturated heterocycles. The fourth-order valence-corrected chi connectivity index (χ4v) is 1.27. The number of carbonyl (C=O) groups excluding carboxylic acids is 1. The zero-order valence-electron chi connectivity index (χ0n) is 9.32. The first-order valence-electron chi connectivity index (χ1n) is 5.18. The number of amides is 1. The van der Waals surface area contributed by atoms with Gasteiger partial charge in [0.15, 0.2) is 0 Å². The third kappa shape index (κ3) is 2.41. The van der Waals surface area contributed by atoms with Crippen LogP contribution in [-0.4, -0.2) is 31.3 Å². The Morgan fingerprint density at radius 3 is 2.94 bits per heavy atom. The molecule has 0 spiro atoms. The second-order valence-corrected chi connectivity index (χ2v) is 3.45. The second kappa shape index (κ2) is 4.64. The van der Waals surface area contributed by atoms with Gasteiger partial charge in [-0.2, -0.15) is 5.10 Å². The molecule has 0 fully saturated rings. The lowest BCUT2D eigenvalue weighted by atomic mass is 10.3. The molecule has 0 aromatic carbocycles. The highest BCUT2D eigenvalue weighted by atomic mass is 16.2. The Bertz CT molecular complexity index is 515. The van der Waals surface area contributed by atoms with Crippen LogP contribution in [0, 0.1) is 0 Å². The van der Waals surface area contributed by atoms with E-state index in [9.17, 15) is 4.79 Å². The van der Waals surface area contributed by atoms with Crippen molar-refractivity contribution < 1.29 is 4.79 Å². The van der Waals surface area contributed by atoms with Crippen LogP contribution in [0.25, 0.3) is 0 Å². The molecule has 0 saturated carbocycles. The smallest absolute Gasteiger partial charge is 0.291 e. The SMILES string of the molecule is CCc1nc(C(=O)NCc2cn[nH]c2N)n[nH]1. The lowest BCUT2D eigenvalue weighted by Gasteiger charge is -2.00. The van der Waals surface area contributed by atoms with Crippen LogP contribution in [0.5, 0.6) is 0 Å². The number of nitrogens with zero attached hydrogens (tertiary/aromatic N) is 3. The van der Waals surface area contributed by atoms with Crippen molar-refractivity contribution in [2.24, 2.45) is 0 Å². The van der Waals surface area contributed by atoms with E-state index < -0.39 is 0 Å². The quantitative estimate of drug-likeness (QED) is 0.574. The van der Waals surface area contributed by atoms with Crippen LogP contribution in [-0.2, 0) is 13.0 Å². The first-order chi connectivity index (χ1) is 8.20. The van der Waals surface area contributed by atoms with Gasteiger partial charge in [0.1, 0.15) is 11.6 Å². The largest absolute Gasteiger partial charge is 0.384 e.